The maximum Gasteiger partial charge on any atom is 0.228 e. The lowest BCUT2D eigenvalue weighted by molar-refractivity contribution is -0.122. The van der Waals surface area contributed by atoms with Crippen molar-refractivity contribution < 1.29 is 4.79 Å². The lowest BCUT2D eigenvalue weighted by atomic mass is 10.1. The van der Waals surface area contributed by atoms with Crippen molar-refractivity contribution in [3.63, 3.8) is 0 Å². The molecule has 1 aliphatic rings. The molecule has 0 aromatic heterocycles. The van der Waals surface area contributed by atoms with Gasteiger partial charge in [0.1, 0.15) is 0 Å². The highest BCUT2D eigenvalue weighted by Gasteiger charge is 2.23. The SMILES string of the molecule is CSC(=S)C1CCCCNC1=O. The van der Waals surface area contributed by atoms with Crippen molar-refractivity contribution in [3.05, 3.63) is 0 Å². The topological polar surface area (TPSA) is 29.1 Å². The van der Waals surface area contributed by atoms with Crippen molar-refractivity contribution in [1.82, 2.24) is 5.32 Å². The molecule has 1 fully saturated rings. The van der Waals surface area contributed by atoms with Gasteiger partial charge in [-0.2, -0.15) is 0 Å². The zero-order valence-electron chi connectivity index (χ0n) is 7.13. The van der Waals surface area contributed by atoms with Crippen molar-refractivity contribution in [2.75, 3.05) is 12.8 Å². The predicted octanol–water partition coefficient (Wildman–Crippen LogP) is 1.59. The minimum Gasteiger partial charge on any atom is -0.356 e. The molecule has 0 spiro atoms. The summed E-state index contributed by atoms with van der Waals surface area (Å²) in [5.41, 5.74) is 0. The maximum atomic E-state index is 11.4. The van der Waals surface area contributed by atoms with E-state index in [4.69, 9.17) is 12.2 Å². The van der Waals surface area contributed by atoms with Crippen molar-refractivity contribution in [2.45, 2.75) is 19.3 Å². The Morgan fingerprint density at radius 3 is 3.08 bits per heavy atom. The Morgan fingerprint density at radius 1 is 1.67 bits per heavy atom. The van der Waals surface area contributed by atoms with Gasteiger partial charge < -0.3 is 5.32 Å². The molecule has 0 aromatic rings. The monoisotopic (exact) mass is 203 g/mol. The van der Waals surface area contributed by atoms with E-state index >= 15 is 0 Å². The summed E-state index contributed by atoms with van der Waals surface area (Å²) in [4.78, 5) is 11.4. The first kappa shape index (κ1) is 9.99. The van der Waals surface area contributed by atoms with Crippen molar-refractivity contribution in [2.24, 2.45) is 5.92 Å². The molecule has 68 valence electrons. The van der Waals surface area contributed by atoms with E-state index in [2.05, 4.69) is 5.32 Å². The van der Waals surface area contributed by atoms with Crippen LogP contribution in [-0.4, -0.2) is 22.9 Å². The van der Waals surface area contributed by atoms with E-state index in [1.807, 2.05) is 6.26 Å². The quantitative estimate of drug-likeness (QED) is 0.656. The molecule has 1 N–H and O–H groups in total. The zero-order chi connectivity index (χ0) is 8.97. The van der Waals surface area contributed by atoms with Crippen molar-refractivity contribution in [3.8, 4) is 0 Å². The fourth-order valence-corrected chi connectivity index (χ4v) is 2.04. The molecule has 1 heterocycles. The Bertz CT molecular complexity index is 193. The highest BCUT2D eigenvalue weighted by atomic mass is 32.2. The summed E-state index contributed by atoms with van der Waals surface area (Å²) < 4.78 is 0.828. The molecule has 1 unspecified atom stereocenters. The van der Waals surface area contributed by atoms with Gasteiger partial charge in [0.25, 0.3) is 0 Å². The van der Waals surface area contributed by atoms with Crippen LogP contribution in [-0.2, 0) is 4.79 Å². The van der Waals surface area contributed by atoms with Crippen LogP contribution in [0, 0.1) is 5.92 Å². The third kappa shape index (κ3) is 2.45. The molecule has 1 amide bonds. The number of rotatable bonds is 1. The number of hydrogen-bond acceptors (Lipinski definition) is 3. The van der Waals surface area contributed by atoms with Crippen molar-refractivity contribution >= 4 is 34.1 Å². The first-order valence-electron chi connectivity index (χ1n) is 4.11. The number of amides is 1. The van der Waals surface area contributed by atoms with Gasteiger partial charge in [0, 0.05) is 6.54 Å². The Hall–Kier alpha value is -0.0900. The van der Waals surface area contributed by atoms with Gasteiger partial charge in [0.2, 0.25) is 5.91 Å². The van der Waals surface area contributed by atoms with Crippen LogP contribution in [0.3, 0.4) is 0 Å². The fraction of sp³-hybridized carbons (Fsp3) is 0.750. The highest BCUT2D eigenvalue weighted by Crippen LogP contribution is 2.19. The van der Waals surface area contributed by atoms with E-state index in [1.54, 1.807) is 0 Å². The number of hydrogen-bond donors (Lipinski definition) is 1. The third-order valence-electron chi connectivity index (χ3n) is 2.02. The Balaban J connectivity index is 2.59. The molecule has 12 heavy (non-hydrogen) atoms. The van der Waals surface area contributed by atoms with Gasteiger partial charge in [0.05, 0.1) is 10.1 Å². The van der Waals surface area contributed by atoms with Gasteiger partial charge in [0.15, 0.2) is 0 Å². The van der Waals surface area contributed by atoms with Crippen LogP contribution in [0.2, 0.25) is 0 Å². The first-order valence-corrected chi connectivity index (χ1v) is 5.74. The van der Waals surface area contributed by atoms with Crippen LogP contribution in [0.5, 0.6) is 0 Å². The molecule has 1 rings (SSSR count). The number of carbonyl (C=O) groups is 1. The average molecular weight is 203 g/mol. The summed E-state index contributed by atoms with van der Waals surface area (Å²) in [6, 6.07) is 0. The molecule has 4 heteroatoms. The predicted molar refractivity (Wildman–Crippen MR) is 56.5 cm³/mol. The number of carbonyl (C=O) groups excluding carboxylic acids is 1. The normalized spacial score (nSPS) is 24.4. The molecule has 0 bridgehead atoms. The smallest absolute Gasteiger partial charge is 0.228 e. The van der Waals surface area contributed by atoms with E-state index in [-0.39, 0.29) is 11.8 Å². The van der Waals surface area contributed by atoms with Gasteiger partial charge in [-0.25, -0.2) is 0 Å². The second-order valence-electron chi connectivity index (χ2n) is 2.86. The van der Waals surface area contributed by atoms with E-state index in [1.165, 1.54) is 11.8 Å². The molecule has 0 radical (unpaired) electrons. The van der Waals surface area contributed by atoms with Crippen LogP contribution in [0.4, 0.5) is 0 Å². The van der Waals surface area contributed by atoms with Gasteiger partial charge in [-0.05, 0) is 19.1 Å². The number of thiocarbonyl (C=S) groups is 1. The summed E-state index contributed by atoms with van der Waals surface area (Å²) in [7, 11) is 0. The number of thioether (sulfide) groups is 1. The molecule has 0 aromatic carbocycles. The summed E-state index contributed by atoms with van der Waals surface area (Å²) in [5, 5.41) is 2.87. The van der Waals surface area contributed by atoms with E-state index in [9.17, 15) is 4.79 Å². The molecular weight excluding hydrogens is 190 g/mol. The Kier molecular flexibility index (Phi) is 4.01. The minimum atomic E-state index is -0.0301. The van der Waals surface area contributed by atoms with E-state index in [0.717, 1.165) is 30.0 Å². The summed E-state index contributed by atoms with van der Waals surface area (Å²) in [6.45, 7) is 0.812. The van der Waals surface area contributed by atoms with Crippen LogP contribution in [0.15, 0.2) is 0 Å². The van der Waals surface area contributed by atoms with Gasteiger partial charge in [-0.1, -0.05) is 18.6 Å². The zero-order valence-corrected chi connectivity index (χ0v) is 8.76. The van der Waals surface area contributed by atoms with E-state index < -0.39 is 0 Å². The maximum absolute atomic E-state index is 11.4. The lowest BCUT2D eigenvalue weighted by Gasteiger charge is -2.11. The summed E-state index contributed by atoms with van der Waals surface area (Å²) >= 11 is 6.63. The van der Waals surface area contributed by atoms with Crippen LogP contribution in [0.1, 0.15) is 19.3 Å². The van der Waals surface area contributed by atoms with Gasteiger partial charge >= 0.3 is 0 Å². The lowest BCUT2D eigenvalue weighted by Crippen LogP contribution is -2.31. The summed E-state index contributed by atoms with van der Waals surface area (Å²) in [6.07, 6.45) is 5.04. The van der Waals surface area contributed by atoms with Gasteiger partial charge in [-0.3, -0.25) is 4.79 Å². The first-order chi connectivity index (χ1) is 5.75. The van der Waals surface area contributed by atoms with Crippen LogP contribution >= 0.6 is 24.0 Å². The molecule has 1 aliphatic heterocycles. The molecule has 1 atom stereocenters. The minimum absolute atomic E-state index is 0.0301. The van der Waals surface area contributed by atoms with E-state index in [0.29, 0.717) is 0 Å². The summed E-state index contributed by atoms with van der Waals surface area (Å²) in [5.74, 6) is 0.0874. The second kappa shape index (κ2) is 4.82. The fourth-order valence-electron chi connectivity index (χ4n) is 1.31. The largest absolute Gasteiger partial charge is 0.356 e. The van der Waals surface area contributed by atoms with Crippen molar-refractivity contribution in [1.29, 1.82) is 0 Å². The molecule has 1 saturated heterocycles. The molecule has 0 aliphatic carbocycles. The Labute approximate surface area is 82.5 Å². The third-order valence-corrected chi connectivity index (χ3v) is 3.49. The Morgan fingerprint density at radius 2 is 2.42 bits per heavy atom. The second-order valence-corrected chi connectivity index (χ2v) is 4.41. The number of nitrogens with one attached hydrogen (secondary N) is 1. The van der Waals surface area contributed by atoms with Crippen LogP contribution in [0.25, 0.3) is 0 Å². The molecular formula is C8H13NOS2. The van der Waals surface area contributed by atoms with Gasteiger partial charge in [-0.15, -0.1) is 11.8 Å². The average Bonchev–Trinajstić information content (AvgIpc) is 2.28. The molecule has 2 nitrogen and oxygen atoms in total. The standard InChI is InChI=1S/C8H13NOS2/c1-12-8(11)6-4-2-3-5-9-7(6)10/h6H,2-5H2,1H3,(H,9,10). The molecule has 0 saturated carbocycles. The highest BCUT2D eigenvalue weighted by molar-refractivity contribution is 8.22. The van der Waals surface area contributed by atoms with Crippen LogP contribution < -0.4 is 5.32 Å².